The third kappa shape index (κ3) is 4.53. The van der Waals surface area contributed by atoms with E-state index in [1.807, 2.05) is 12.3 Å². The van der Waals surface area contributed by atoms with Gasteiger partial charge in [-0.1, -0.05) is 0 Å². The second-order valence-electron chi connectivity index (χ2n) is 4.28. The molecule has 2 rings (SSSR count). The van der Waals surface area contributed by atoms with E-state index in [9.17, 15) is 9.59 Å². The SMILES string of the molecule is Cc1csc(CCNC(=O)Nc2cncc(C(=O)O)c2)n1. The Bertz CT molecular complexity index is 656. The molecule has 0 spiro atoms. The van der Waals surface area contributed by atoms with Gasteiger partial charge in [-0.2, -0.15) is 0 Å². The van der Waals surface area contributed by atoms with Gasteiger partial charge in [0.1, 0.15) is 0 Å². The van der Waals surface area contributed by atoms with Crippen molar-refractivity contribution in [1.29, 1.82) is 0 Å². The summed E-state index contributed by atoms with van der Waals surface area (Å²) in [7, 11) is 0. The summed E-state index contributed by atoms with van der Waals surface area (Å²) in [5.41, 5.74) is 1.32. The number of aryl methyl sites for hydroxylation is 1. The minimum Gasteiger partial charge on any atom is -0.478 e. The number of hydrogen-bond donors (Lipinski definition) is 3. The van der Waals surface area contributed by atoms with Crippen LogP contribution in [-0.4, -0.2) is 33.6 Å². The lowest BCUT2D eigenvalue weighted by Crippen LogP contribution is -2.30. The number of aromatic nitrogens is 2. The molecule has 0 aliphatic rings. The first-order valence-electron chi connectivity index (χ1n) is 6.19. The van der Waals surface area contributed by atoms with Gasteiger partial charge in [0.2, 0.25) is 0 Å². The Morgan fingerprint density at radius 2 is 2.19 bits per heavy atom. The van der Waals surface area contributed by atoms with Gasteiger partial charge in [0, 0.05) is 30.2 Å². The molecular weight excluding hydrogens is 292 g/mol. The van der Waals surface area contributed by atoms with Crippen LogP contribution in [0.1, 0.15) is 21.1 Å². The van der Waals surface area contributed by atoms with Gasteiger partial charge < -0.3 is 15.7 Å². The molecule has 0 radical (unpaired) electrons. The van der Waals surface area contributed by atoms with Crippen LogP contribution in [0.3, 0.4) is 0 Å². The van der Waals surface area contributed by atoms with E-state index in [0.717, 1.165) is 10.7 Å². The van der Waals surface area contributed by atoms with Crippen molar-refractivity contribution in [1.82, 2.24) is 15.3 Å². The molecule has 21 heavy (non-hydrogen) atoms. The molecule has 0 atom stereocenters. The van der Waals surface area contributed by atoms with E-state index < -0.39 is 12.0 Å². The second kappa shape index (κ2) is 6.80. The zero-order valence-electron chi connectivity index (χ0n) is 11.3. The first-order valence-corrected chi connectivity index (χ1v) is 7.07. The van der Waals surface area contributed by atoms with E-state index in [1.54, 1.807) is 11.3 Å². The maximum atomic E-state index is 11.7. The number of carbonyl (C=O) groups excluding carboxylic acids is 1. The van der Waals surface area contributed by atoms with Gasteiger partial charge in [-0.3, -0.25) is 4.98 Å². The fraction of sp³-hybridized carbons (Fsp3) is 0.231. The highest BCUT2D eigenvalue weighted by Crippen LogP contribution is 2.09. The number of aromatic carboxylic acids is 1. The predicted octanol–water partition coefficient (Wildman–Crippen LogP) is 1.91. The molecule has 3 N–H and O–H groups in total. The number of urea groups is 1. The third-order valence-electron chi connectivity index (χ3n) is 2.53. The van der Waals surface area contributed by atoms with Gasteiger partial charge >= 0.3 is 12.0 Å². The van der Waals surface area contributed by atoms with Crippen LogP contribution in [0.5, 0.6) is 0 Å². The van der Waals surface area contributed by atoms with E-state index in [4.69, 9.17) is 5.11 Å². The molecular formula is C13H14N4O3S. The third-order valence-corrected chi connectivity index (χ3v) is 3.56. The number of carbonyl (C=O) groups is 2. The van der Waals surface area contributed by atoms with Crippen molar-refractivity contribution in [3.05, 3.63) is 40.1 Å². The Morgan fingerprint density at radius 1 is 1.38 bits per heavy atom. The van der Waals surface area contributed by atoms with Crippen molar-refractivity contribution in [2.75, 3.05) is 11.9 Å². The summed E-state index contributed by atoms with van der Waals surface area (Å²) in [4.78, 5) is 30.5. The first-order chi connectivity index (χ1) is 10.0. The Labute approximate surface area is 125 Å². The van der Waals surface area contributed by atoms with Crippen molar-refractivity contribution in [3.63, 3.8) is 0 Å². The highest BCUT2D eigenvalue weighted by Gasteiger charge is 2.07. The minimum atomic E-state index is -1.09. The molecule has 7 nitrogen and oxygen atoms in total. The average molecular weight is 306 g/mol. The molecule has 110 valence electrons. The van der Waals surface area contributed by atoms with Crippen LogP contribution < -0.4 is 10.6 Å². The fourth-order valence-corrected chi connectivity index (χ4v) is 2.38. The monoisotopic (exact) mass is 306 g/mol. The molecule has 0 aromatic carbocycles. The van der Waals surface area contributed by atoms with E-state index in [2.05, 4.69) is 20.6 Å². The maximum absolute atomic E-state index is 11.7. The van der Waals surface area contributed by atoms with E-state index in [0.29, 0.717) is 18.7 Å². The normalized spacial score (nSPS) is 10.1. The fourth-order valence-electron chi connectivity index (χ4n) is 1.60. The maximum Gasteiger partial charge on any atom is 0.337 e. The first kappa shape index (κ1) is 14.9. The minimum absolute atomic E-state index is 0.0195. The van der Waals surface area contributed by atoms with Crippen LogP contribution in [-0.2, 0) is 6.42 Å². The lowest BCUT2D eigenvalue weighted by molar-refractivity contribution is 0.0696. The quantitative estimate of drug-likeness (QED) is 0.782. The predicted molar refractivity (Wildman–Crippen MR) is 78.8 cm³/mol. The number of hydrogen-bond acceptors (Lipinski definition) is 5. The van der Waals surface area contributed by atoms with Crippen molar-refractivity contribution in [3.8, 4) is 0 Å². The summed E-state index contributed by atoms with van der Waals surface area (Å²) in [6, 6.07) is 0.937. The Hall–Kier alpha value is -2.48. The number of thiazole rings is 1. The van der Waals surface area contributed by atoms with Crippen molar-refractivity contribution < 1.29 is 14.7 Å². The Morgan fingerprint density at radius 3 is 2.86 bits per heavy atom. The summed E-state index contributed by atoms with van der Waals surface area (Å²) in [5.74, 6) is -1.09. The number of amides is 2. The summed E-state index contributed by atoms with van der Waals surface area (Å²) >= 11 is 1.55. The topological polar surface area (TPSA) is 104 Å². The zero-order valence-corrected chi connectivity index (χ0v) is 12.1. The van der Waals surface area contributed by atoms with E-state index in [1.165, 1.54) is 18.5 Å². The Balaban J connectivity index is 1.81. The lowest BCUT2D eigenvalue weighted by Gasteiger charge is -2.07. The van der Waals surface area contributed by atoms with Gasteiger partial charge in [-0.25, -0.2) is 14.6 Å². The highest BCUT2D eigenvalue weighted by atomic mass is 32.1. The van der Waals surface area contributed by atoms with E-state index in [-0.39, 0.29) is 5.56 Å². The van der Waals surface area contributed by atoms with Crippen LogP contribution in [0.25, 0.3) is 0 Å². The van der Waals surface area contributed by atoms with Crippen LogP contribution in [0.2, 0.25) is 0 Å². The molecule has 2 aromatic heterocycles. The molecule has 0 saturated heterocycles. The standard InChI is InChI=1S/C13H14N4O3S/c1-8-7-21-11(16-8)2-3-15-13(20)17-10-4-9(12(18)19)5-14-6-10/h4-7H,2-3H2,1H3,(H,18,19)(H2,15,17,20). The second-order valence-corrected chi connectivity index (χ2v) is 5.22. The van der Waals surface area contributed by atoms with Crippen LogP contribution in [0.15, 0.2) is 23.8 Å². The van der Waals surface area contributed by atoms with Gasteiger partial charge in [-0.15, -0.1) is 11.3 Å². The number of carboxylic acids is 1. The molecule has 2 aromatic rings. The number of carboxylic acid groups (broad SMARTS) is 1. The molecule has 0 saturated carbocycles. The van der Waals surface area contributed by atoms with Gasteiger partial charge in [0.15, 0.2) is 0 Å². The molecule has 0 fully saturated rings. The summed E-state index contributed by atoms with van der Waals surface area (Å²) < 4.78 is 0. The van der Waals surface area contributed by atoms with Gasteiger partial charge in [0.25, 0.3) is 0 Å². The molecule has 0 unspecified atom stereocenters. The van der Waals surface area contributed by atoms with Gasteiger partial charge in [-0.05, 0) is 13.0 Å². The molecule has 0 aliphatic heterocycles. The number of rotatable bonds is 5. The van der Waals surface area contributed by atoms with Crippen molar-refractivity contribution in [2.24, 2.45) is 0 Å². The molecule has 0 bridgehead atoms. The van der Waals surface area contributed by atoms with Crippen LogP contribution in [0.4, 0.5) is 10.5 Å². The van der Waals surface area contributed by atoms with Crippen molar-refractivity contribution >= 4 is 29.0 Å². The number of nitrogens with one attached hydrogen (secondary N) is 2. The smallest absolute Gasteiger partial charge is 0.337 e. The van der Waals surface area contributed by atoms with Crippen LogP contribution in [0, 0.1) is 6.92 Å². The largest absolute Gasteiger partial charge is 0.478 e. The molecule has 0 aliphatic carbocycles. The number of nitrogens with zero attached hydrogens (tertiary/aromatic N) is 2. The lowest BCUT2D eigenvalue weighted by atomic mass is 10.3. The average Bonchev–Trinajstić information content (AvgIpc) is 2.84. The summed E-state index contributed by atoms with van der Waals surface area (Å²) in [6.45, 7) is 2.37. The zero-order chi connectivity index (χ0) is 15.2. The van der Waals surface area contributed by atoms with Gasteiger partial charge in [0.05, 0.1) is 22.5 Å². The highest BCUT2D eigenvalue weighted by molar-refractivity contribution is 7.09. The number of anilines is 1. The molecule has 8 heteroatoms. The summed E-state index contributed by atoms with van der Waals surface area (Å²) in [6.07, 6.45) is 3.26. The van der Waals surface area contributed by atoms with E-state index >= 15 is 0 Å². The molecule has 2 heterocycles. The van der Waals surface area contributed by atoms with Crippen molar-refractivity contribution in [2.45, 2.75) is 13.3 Å². The number of pyridine rings is 1. The molecule has 2 amide bonds. The van der Waals surface area contributed by atoms with Crippen LogP contribution >= 0.6 is 11.3 Å². The Kier molecular flexibility index (Phi) is 4.83. The summed E-state index contributed by atoms with van der Waals surface area (Å²) in [5, 5.41) is 17.0.